The number of rotatable bonds is 6. The summed E-state index contributed by atoms with van der Waals surface area (Å²) < 4.78 is 11.0. The first-order valence-electron chi connectivity index (χ1n) is 9.63. The number of hydrogen-bond donors (Lipinski definition) is 0. The smallest absolute Gasteiger partial charge is 0.290 e. The molecule has 5 nitrogen and oxygen atoms in total. The van der Waals surface area contributed by atoms with Gasteiger partial charge in [-0.15, -0.1) is 0 Å². The third-order valence-electron chi connectivity index (χ3n) is 4.87. The highest BCUT2D eigenvalue weighted by molar-refractivity contribution is 5.93. The molecule has 0 aliphatic carbocycles. The van der Waals surface area contributed by atoms with Crippen molar-refractivity contribution in [2.75, 3.05) is 7.11 Å². The molecule has 1 amide bonds. The van der Waals surface area contributed by atoms with E-state index in [4.69, 9.17) is 9.15 Å². The third-order valence-corrected chi connectivity index (χ3v) is 4.87. The molecule has 0 radical (unpaired) electrons. The molecule has 30 heavy (non-hydrogen) atoms. The maximum Gasteiger partial charge on any atom is 0.290 e. The van der Waals surface area contributed by atoms with E-state index >= 15 is 0 Å². The number of benzene rings is 3. The Balaban J connectivity index is 1.72. The van der Waals surface area contributed by atoms with Crippen LogP contribution in [0.4, 0.5) is 0 Å². The van der Waals surface area contributed by atoms with E-state index in [2.05, 4.69) is 0 Å². The third kappa shape index (κ3) is 4.25. The Morgan fingerprint density at radius 3 is 2.03 bits per heavy atom. The van der Waals surface area contributed by atoms with Gasteiger partial charge in [0.2, 0.25) is 0 Å². The van der Waals surface area contributed by atoms with Crippen molar-refractivity contribution < 1.29 is 13.9 Å². The van der Waals surface area contributed by atoms with Crippen LogP contribution in [0, 0.1) is 0 Å². The Morgan fingerprint density at radius 2 is 1.47 bits per heavy atom. The fraction of sp³-hybridized carbons (Fsp3) is 0.120. The number of hydrogen-bond acceptors (Lipinski definition) is 4. The molecule has 0 unspecified atom stereocenters. The summed E-state index contributed by atoms with van der Waals surface area (Å²) in [5.74, 6) is 0.220. The molecule has 0 saturated carbocycles. The molecular formula is C25H21NO4. The van der Waals surface area contributed by atoms with Gasteiger partial charge in [0.1, 0.15) is 11.3 Å². The number of methoxy groups -OCH3 is 1. The minimum absolute atomic E-state index is 0.00705. The van der Waals surface area contributed by atoms with Crippen molar-refractivity contribution in [2.45, 2.75) is 13.1 Å². The minimum Gasteiger partial charge on any atom is -0.497 e. The fourth-order valence-corrected chi connectivity index (χ4v) is 3.33. The first kappa shape index (κ1) is 19.5. The Hall–Kier alpha value is -3.86. The van der Waals surface area contributed by atoms with Crippen LogP contribution in [0.25, 0.3) is 11.0 Å². The van der Waals surface area contributed by atoms with E-state index in [1.165, 1.54) is 13.2 Å². The van der Waals surface area contributed by atoms with Crippen molar-refractivity contribution >= 4 is 16.9 Å². The lowest BCUT2D eigenvalue weighted by Gasteiger charge is -2.22. The van der Waals surface area contributed by atoms with E-state index < -0.39 is 0 Å². The number of carbonyl (C=O) groups excluding carboxylic acids is 1. The summed E-state index contributed by atoms with van der Waals surface area (Å²) in [5.41, 5.74) is 2.05. The summed E-state index contributed by atoms with van der Waals surface area (Å²) in [7, 11) is 1.54. The van der Waals surface area contributed by atoms with E-state index in [-0.39, 0.29) is 17.1 Å². The number of carbonyl (C=O) groups is 1. The lowest BCUT2D eigenvalue weighted by Crippen LogP contribution is -2.30. The van der Waals surface area contributed by atoms with Crippen molar-refractivity contribution in [3.63, 3.8) is 0 Å². The molecule has 1 aromatic heterocycles. The van der Waals surface area contributed by atoms with Gasteiger partial charge in [0, 0.05) is 25.2 Å². The van der Waals surface area contributed by atoms with E-state index in [0.717, 1.165) is 11.1 Å². The predicted octanol–water partition coefficient (Wildman–Crippen LogP) is 4.64. The highest BCUT2D eigenvalue weighted by Crippen LogP contribution is 2.21. The quantitative estimate of drug-likeness (QED) is 0.474. The first-order valence-corrected chi connectivity index (χ1v) is 9.63. The van der Waals surface area contributed by atoms with Crippen molar-refractivity contribution in [2.24, 2.45) is 0 Å². The van der Waals surface area contributed by atoms with Gasteiger partial charge >= 0.3 is 0 Å². The molecule has 5 heteroatoms. The van der Waals surface area contributed by atoms with Crippen molar-refractivity contribution in [1.29, 1.82) is 0 Å². The molecule has 4 aromatic rings. The van der Waals surface area contributed by atoms with Gasteiger partial charge in [0.25, 0.3) is 5.91 Å². The predicted molar refractivity (Wildman–Crippen MR) is 115 cm³/mol. The lowest BCUT2D eigenvalue weighted by molar-refractivity contribution is 0.0698. The van der Waals surface area contributed by atoms with E-state index in [1.54, 1.807) is 23.1 Å². The average Bonchev–Trinajstić information content (AvgIpc) is 2.79. The van der Waals surface area contributed by atoms with Crippen molar-refractivity contribution in [1.82, 2.24) is 4.90 Å². The SMILES string of the molecule is COc1ccc2c(=O)cc(C(=O)N(Cc3ccccc3)Cc3ccccc3)oc2c1. The molecule has 3 aromatic carbocycles. The zero-order valence-corrected chi connectivity index (χ0v) is 16.6. The van der Waals surface area contributed by atoms with Gasteiger partial charge < -0.3 is 14.1 Å². The van der Waals surface area contributed by atoms with Crippen LogP contribution in [-0.2, 0) is 13.1 Å². The molecule has 0 saturated heterocycles. The zero-order chi connectivity index (χ0) is 20.9. The number of nitrogens with zero attached hydrogens (tertiary/aromatic N) is 1. The second-order valence-corrected chi connectivity index (χ2v) is 6.97. The van der Waals surface area contributed by atoms with E-state index in [9.17, 15) is 9.59 Å². The summed E-state index contributed by atoms with van der Waals surface area (Å²) >= 11 is 0. The largest absolute Gasteiger partial charge is 0.497 e. The highest BCUT2D eigenvalue weighted by Gasteiger charge is 2.21. The van der Waals surface area contributed by atoms with Crippen LogP contribution in [0.3, 0.4) is 0 Å². The summed E-state index contributed by atoms with van der Waals surface area (Å²) in [6, 6.07) is 25.7. The lowest BCUT2D eigenvalue weighted by atomic mass is 10.1. The zero-order valence-electron chi connectivity index (χ0n) is 16.6. The average molecular weight is 399 g/mol. The fourth-order valence-electron chi connectivity index (χ4n) is 3.33. The monoisotopic (exact) mass is 399 g/mol. The van der Waals surface area contributed by atoms with Crippen LogP contribution in [0.15, 0.2) is 94.1 Å². The molecule has 4 rings (SSSR count). The number of fused-ring (bicyclic) bond motifs is 1. The molecule has 150 valence electrons. The van der Waals surface area contributed by atoms with Gasteiger partial charge in [-0.2, -0.15) is 0 Å². The van der Waals surface area contributed by atoms with Gasteiger partial charge in [0.05, 0.1) is 12.5 Å². The maximum absolute atomic E-state index is 13.4. The highest BCUT2D eigenvalue weighted by atomic mass is 16.5. The van der Waals surface area contributed by atoms with Crippen molar-refractivity contribution in [3.05, 3.63) is 112 Å². The summed E-state index contributed by atoms with van der Waals surface area (Å²) in [6.07, 6.45) is 0. The normalized spacial score (nSPS) is 10.7. The van der Waals surface area contributed by atoms with E-state index in [1.807, 2.05) is 60.7 Å². The number of ether oxygens (including phenoxy) is 1. The van der Waals surface area contributed by atoms with E-state index in [0.29, 0.717) is 29.8 Å². The van der Waals surface area contributed by atoms with Gasteiger partial charge in [-0.25, -0.2) is 0 Å². The molecule has 0 fully saturated rings. The van der Waals surface area contributed by atoms with Crippen LogP contribution in [-0.4, -0.2) is 17.9 Å². The van der Waals surface area contributed by atoms with Gasteiger partial charge in [-0.05, 0) is 23.3 Å². The second kappa shape index (κ2) is 8.66. The van der Waals surface area contributed by atoms with Crippen molar-refractivity contribution in [3.8, 4) is 5.75 Å². The summed E-state index contributed by atoms with van der Waals surface area (Å²) in [4.78, 5) is 27.6. The van der Waals surface area contributed by atoms with Crippen LogP contribution in [0.2, 0.25) is 0 Å². The van der Waals surface area contributed by atoms with Crippen LogP contribution < -0.4 is 10.2 Å². The minimum atomic E-state index is -0.343. The Kier molecular flexibility index (Phi) is 5.61. The second-order valence-electron chi connectivity index (χ2n) is 6.97. The maximum atomic E-state index is 13.4. The molecule has 0 spiro atoms. The van der Waals surface area contributed by atoms with Crippen LogP contribution in [0.5, 0.6) is 5.75 Å². The Morgan fingerprint density at radius 1 is 0.867 bits per heavy atom. The molecule has 0 N–H and O–H groups in total. The molecule has 0 atom stereocenters. The van der Waals surface area contributed by atoms with Crippen LogP contribution in [0.1, 0.15) is 21.7 Å². The number of amides is 1. The molecule has 0 aliphatic rings. The topological polar surface area (TPSA) is 59.8 Å². The van der Waals surface area contributed by atoms with Gasteiger partial charge in [-0.3, -0.25) is 9.59 Å². The van der Waals surface area contributed by atoms with Gasteiger partial charge in [0.15, 0.2) is 11.2 Å². The summed E-state index contributed by atoms with van der Waals surface area (Å²) in [6.45, 7) is 0.794. The molecule has 0 aliphatic heterocycles. The molecule has 1 heterocycles. The summed E-state index contributed by atoms with van der Waals surface area (Å²) in [5, 5.41) is 0.407. The Labute approximate surface area is 174 Å². The first-order chi connectivity index (χ1) is 14.6. The Bertz CT molecular complexity index is 1170. The van der Waals surface area contributed by atoms with Crippen LogP contribution >= 0.6 is 0 Å². The standard InChI is InChI=1S/C25H21NO4/c1-29-20-12-13-21-22(27)15-24(30-23(21)14-20)25(28)26(16-18-8-4-2-5-9-18)17-19-10-6-3-7-11-19/h2-15H,16-17H2,1H3. The molecule has 0 bridgehead atoms. The van der Waals surface area contributed by atoms with Gasteiger partial charge in [-0.1, -0.05) is 60.7 Å². The molecular weight excluding hydrogens is 378 g/mol.